The topological polar surface area (TPSA) is 137 Å². The van der Waals surface area contributed by atoms with E-state index in [1.807, 2.05) is 18.4 Å². The SMILES string of the molecule is CCn1c(-c2cccnc2[C@H](C)OC)c2c3cc(ccc31)-c1csc(n1)C[C@H](NC(=O)[C@@H](OC)C1CC1)C(=O)N1CCC[C@H](N1)C(=O)OCC(C)(C)C2. The van der Waals surface area contributed by atoms with E-state index in [4.69, 9.17) is 24.2 Å². The van der Waals surface area contributed by atoms with Gasteiger partial charge in [0.25, 0.3) is 5.91 Å². The Balaban J connectivity index is 1.34. The molecule has 1 aliphatic carbocycles. The number of hydrogen-bond donors (Lipinski definition) is 2. The Labute approximate surface area is 314 Å². The third-order valence-corrected chi connectivity index (χ3v) is 11.6. The van der Waals surface area contributed by atoms with Gasteiger partial charge >= 0.3 is 5.97 Å². The minimum atomic E-state index is -0.906. The Morgan fingerprint density at radius 3 is 2.72 bits per heavy atom. The van der Waals surface area contributed by atoms with Gasteiger partial charge in [0.05, 0.1) is 34.8 Å². The smallest absolute Gasteiger partial charge is 0.324 e. The first-order chi connectivity index (χ1) is 25.5. The number of carbonyl (C=O) groups is 3. The molecule has 282 valence electrons. The number of esters is 1. The largest absolute Gasteiger partial charge is 0.464 e. The van der Waals surface area contributed by atoms with Crippen molar-refractivity contribution in [2.45, 2.75) is 97.1 Å². The molecule has 2 amide bonds. The molecule has 2 fully saturated rings. The molecule has 53 heavy (non-hydrogen) atoms. The lowest BCUT2D eigenvalue weighted by Gasteiger charge is -2.35. The number of thiazole rings is 1. The monoisotopic (exact) mass is 742 g/mol. The van der Waals surface area contributed by atoms with Crippen molar-refractivity contribution in [2.24, 2.45) is 11.3 Å². The lowest BCUT2D eigenvalue weighted by atomic mass is 9.84. The number of cyclic esters (lactones) is 1. The van der Waals surface area contributed by atoms with E-state index < -0.39 is 29.6 Å². The molecule has 3 aliphatic rings. The predicted octanol–water partition coefficient (Wildman–Crippen LogP) is 5.63. The van der Waals surface area contributed by atoms with Crippen LogP contribution in [0.1, 0.15) is 75.7 Å². The third kappa shape index (κ3) is 7.62. The van der Waals surface area contributed by atoms with Crippen molar-refractivity contribution in [2.75, 3.05) is 27.4 Å². The molecule has 3 aromatic heterocycles. The van der Waals surface area contributed by atoms with E-state index in [1.165, 1.54) is 23.5 Å². The van der Waals surface area contributed by atoms with Gasteiger partial charge in [0, 0.05) is 72.8 Å². The number of pyridine rings is 1. The summed E-state index contributed by atoms with van der Waals surface area (Å²) in [5.41, 5.74) is 9.58. The first-order valence-corrected chi connectivity index (χ1v) is 19.5. The van der Waals surface area contributed by atoms with Crippen molar-refractivity contribution in [3.63, 3.8) is 0 Å². The van der Waals surface area contributed by atoms with Crippen molar-refractivity contribution in [1.82, 2.24) is 30.3 Å². The zero-order valence-corrected chi connectivity index (χ0v) is 32.3. The van der Waals surface area contributed by atoms with Crippen molar-refractivity contribution in [3.8, 4) is 22.5 Å². The zero-order chi connectivity index (χ0) is 37.4. The summed E-state index contributed by atoms with van der Waals surface area (Å²) < 4.78 is 19.7. The van der Waals surface area contributed by atoms with Crippen LogP contribution >= 0.6 is 11.3 Å². The summed E-state index contributed by atoms with van der Waals surface area (Å²) in [4.78, 5) is 51.0. The van der Waals surface area contributed by atoms with E-state index in [2.05, 4.69) is 60.3 Å². The number of ether oxygens (including phenoxy) is 3. The van der Waals surface area contributed by atoms with Gasteiger partial charge in [-0.2, -0.15) is 0 Å². The average molecular weight is 743 g/mol. The van der Waals surface area contributed by atoms with Gasteiger partial charge in [-0.05, 0) is 81.7 Å². The van der Waals surface area contributed by atoms with Crippen LogP contribution in [0.4, 0.5) is 0 Å². The molecule has 2 aliphatic heterocycles. The number of methoxy groups -OCH3 is 2. The molecule has 2 N–H and O–H groups in total. The molecule has 6 bridgehead atoms. The summed E-state index contributed by atoms with van der Waals surface area (Å²) in [7, 11) is 3.22. The Hall–Kier alpha value is -4.17. The molecule has 0 radical (unpaired) electrons. The standard InChI is InChI=1S/C40H50N6O6S/c1-7-45-32-15-14-25-18-27(32)28(35(45)26-10-8-16-41-34(26)23(2)50-5)20-40(3,4)22-52-39(49)29-11-9-17-46(44-29)38(48)30(19-33-42-31(25)21-53-33)43-37(47)36(51-6)24-12-13-24/h8,10,14-16,18,21,23-24,29-30,36,44H,7,9,11-13,17,19-20,22H2,1-6H3,(H,43,47)/t23-,29-,30-,36-/m0/s1. The quantitative estimate of drug-likeness (QED) is 0.220. The van der Waals surface area contributed by atoms with Gasteiger partial charge in [-0.3, -0.25) is 24.4 Å². The summed E-state index contributed by atoms with van der Waals surface area (Å²) in [6.07, 6.45) is 4.75. The number of aromatic nitrogens is 3. The second-order valence-electron chi connectivity index (χ2n) is 15.3. The maximum atomic E-state index is 14.1. The van der Waals surface area contributed by atoms with Gasteiger partial charge in [-0.25, -0.2) is 10.4 Å². The zero-order valence-electron chi connectivity index (χ0n) is 31.4. The lowest BCUT2D eigenvalue weighted by molar-refractivity contribution is -0.155. The van der Waals surface area contributed by atoms with Crippen molar-refractivity contribution >= 4 is 40.0 Å². The summed E-state index contributed by atoms with van der Waals surface area (Å²) in [6, 6.07) is 8.91. The van der Waals surface area contributed by atoms with Crippen LogP contribution < -0.4 is 10.7 Å². The fourth-order valence-corrected chi connectivity index (χ4v) is 8.58. The summed E-state index contributed by atoms with van der Waals surface area (Å²) in [5, 5.41) is 8.28. The maximum absolute atomic E-state index is 14.1. The molecule has 0 unspecified atom stereocenters. The lowest BCUT2D eigenvalue weighted by Crippen LogP contribution is -2.61. The second kappa shape index (κ2) is 15.3. The van der Waals surface area contributed by atoms with Crippen LogP contribution in [0.5, 0.6) is 0 Å². The van der Waals surface area contributed by atoms with E-state index in [9.17, 15) is 14.4 Å². The fraction of sp³-hybridized carbons (Fsp3) is 0.525. The Morgan fingerprint density at radius 2 is 1.98 bits per heavy atom. The predicted molar refractivity (Wildman–Crippen MR) is 203 cm³/mol. The van der Waals surface area contributed by atoms with E-state index in [0.29, 0.717) is 25.8 Å². The van der Waals surface area contributed by atoms with Gasteiger partial charge < -0.3 is 24.1 Å². The van der Waals surface area contributed by atoms with Crippen molar-refractivity contribution < 1.29 is 28.6 Å². The number of aryl methyl sites for hydroxylation is 1. The number of nitrogens with zero attached hydrogens (tertiary/aromatic N) is 4. The normalized spacial score (nSPS) is 21.9. The third-order valence-electron chi connectivity index (χ3n) is 10.7. The van der Waals surface area contributed by atoms with Crippen LogP contribution in [0, 0.1) is 11.3 Å². The number of nitrogens with one attached hydrogen (secondary N) is 2. The fourth-order valence-electron chi connectivity index (χ4n) is 7.73. The molecule has 4 aromatic rings. The Kier molecular flexibility index (Phi) is 10.7. The van der Waals surface area contributed by atoms with Crippen LogP contribution in [-0.4, -0.2) is 82.9 Å². The summed E-state index contributed by atoms with van der Waals surface area (Å²) in [5.74, 6) is -0.893. The molecule has 7 rings (SSSR count). The van der Waals surface area contributed by atoms with Gasteiger partial charge in [0.2, 0.25) is 5.91 Å². The number of hydrazine groups is 1. The highest BCUT2D eigenvalue weighted by atomic mass is 32.1. The molecule has 4 atom stereocenters. The van der Waals surface area contributed by atoms with Crippen LogP contribution in [0.15, 0.2) is 41.9 Å². The average Bonchev–Trinajstić information content (AvgIpc) is 3.81. The van der Waals surface area contributed by atoms with Crippen molar-refractivity contribution in [3.05, 3.63) is 58.2 Å². The van der Waals surface area contributed by atoms with Crippen LogP contribution in [0.2, 0.25) is 0 Å². The van der Waals surface area contributed by atoms with Gasteiger partial charge in [-0.15, -0.1) is 11.3 Å². The molecular formula is C40H50N6O6S. The number of hydrogen-bond acceptors (Lipinski definition) is 10. The first kappa shape index (κ1) is 37.2. The van der Waals surface area contributed by atoms with Gasteiger partial charge in [0.15, 0.2) is 0 Å². The molecule has 1 saturated carbocycles. The van der Waals surface area contributed by atoms with Gasteiger partial charge in [0.1, 0.15) is 18.2 Å². The maximum Gasteiger partial charge on any atom is 0.324 e. The van der Waals surface area contributed by atoms with E-state index in [0.717, 1.165) is 69.1 Å². The number of rotatable bonds is 8. The Morgan fingerprint density at radius 1 is 1.17 bits per heavy atom. The highest BCUT2D eigenvalue weighted by Gasteiger charge is 2.40. The molecule has 1 aromatic carbocycles. The first-order valence-electron chi connectivity index (χ1n) is 18.7. The van der Waals surface area contributed by atoms with Gasteiger partial charge in [-0.1, -0.05) is 19.9 Å². The highest BCUT2D eigenvalue weighted by molar-refractivity contribution is 7.10. The number of carbonyl (C=O) groups excluding carboxylic acids is 3. The van der Waals surface area contributed by atoms with E-state index in [1.54, 1.807) is 13.3 Å². The molecule has 13 heteroatoms. The minimum Gasteiger partial charge on any atom is -0.464 e. The number of fused-ring (bicyclic) bond motifs is 6. The molecule has 1 saturated heterocycles. The Bertz CT molecular complexity index is 2000. The molecular weight excluding hydrogens is 693 g/mol. The summed E-state index contributed by atoms with van der Waals surface area (Å²) in [6.45, 7) is 9.69. The summed E-state index contributed by atoms with van der Waals surface area (Å²) >= 11 is 1.46. The van der Waals surface area contributed by atoms with E-state index in [-0.39, 0.29) is 36.9 Å². The highest BCUT2D eigenvalue weighted by Crippen LogP contribution is 2.42. The van der Waals surface area contributed by atoms with E-state index >= 15 is 0 Å². The number of amides is 2. The second-order valence-corrected chi connectivity index (χ2v) is 16.2. The number of benzene rings is 1. The molecule has 12 nitrogen and oxygen atoms in total. The molecule has 5 heterocycles. The van der Waals surface area contributed by atoms with Crippen LogP contribution in [0.3, 0.4) is 0 Å². The minimum absolute atomic E-state index is 0.147. The van der Waals surface area contributed by atoms with Crippen molar-refractivity contribution in [1.29, 1.82) is 0 Å². The molecule has 0 spiro atoms. The van der Waals surface area contributed by atoms with Crippen LogP contribution in [-0.2, 0) is 48.0 Å². The van der Waals surface area contributed by atoms with Crippen LogP contribution in [0.25, 0.3) is 33.4 Å².